The standard InChI is InChI=1S/C28H32N2O2/c1-30-24(16-10-2-3-11-17-26(31)32)19-18-23-20-25(21-12-6-4-7-13-21)27(29-28(23)30)22-14-8-5-9-15-22/h4-9,12-15,20,24H,2-3,10-11,16-19H2,1H3,(H,31,32). The Kier molecular flexibility index (Phi) is 7.21. The summed E-state index contributed by atoms with van der Waals surface area (Å²) in [5.41, 5.74) is 5.90. The van der Waals surface area contributed by atoms with Crippen LogP contribution in [-0.2, 0) is 11.2 Å². The summed E-state index contributed by atoms with van der Waals surface area (Å²) in [5.74, 6) is 0.412. The van der Waals surface area contributed by atoms with E-state index in [0.717, 1.165) is 62.0 Å². The number of unbranched alkanes of at least 4 members (excludes halogenated alkanes) is 3. The minimum absolute atomic E-state index is 0.284. The van der Waals surface area contributed by atoms with Crippen LogP contribution in [0.25, 0.3) is 22.4 Å². The van der Waals surface area contributed by atoms with Crippen LogP contribution in [0.15, 0.2) is 66.7 Å². The Balaban J connectivity index is 1.55. The van der Waals surface area contributed by atoms with E-state index >= 15 is 0 Å². The minimum atomic E-state index is -0.691. The van der Waals surface area contributed by atoms with Crippen LogP contribution >= 0.6 is 0 Å². The van der Waals surface area contributed by atoms with E-state index < -0.39 is 5.97 Å². The summed E-state index contributed by atoms with van der Waals surface area (Å²) in [6, 6.07) is 23.8. The summed E-state index contributed by atoms with van der Waals surface area (Å²) in [4.78, 5) is 18.3. The monoisotopic (exact) mass is 428 g/mol. The fraction of sp³-hybridized carbons (Fsp3) is 0.357. The zero-order valence-electron chi connectivity index (χ0n) is 18.8. The lowest BCUT2D eigenvalue weighted by Gasteiger charge is -2.36. The largest absolute Gasteiger partial charge is 0.481 e. The molecule has 3 aromatic rings. The van der Waals surface area contributed by atoms with Gasteiger partial charge in [0.2, 0.25) is 0 Å². The number of aryl methyl sites for hydroxylation is 1. The molecule has 0 bridgehead atoms. The van der Waals surface area contributed by atoms with Crippen molar-refractivity contribution in [3.8, 4) is 22.4 Å². The summed E-state index contributed by atoms with van der Waals surface area (Å²) in [6.07, 6.45) is 7.61. The molecule has 0 saturated carbocycles. The first-order valence-corrected chi connectivity index (χ1v) is 11.7. The van der Waals surface area contributed by atoms with E-state index in [2.05, 4.69) is 72.6 Å². The van der Waals surface area contributed by atoms with Gasteiger partial charge >= 0.3 is 5.97 Å². The van der Waals surface area contributed by atoms with E-state index in [1.54, 1.807) is 0 Å². The molecule has 166 valence electrons. The van der Waals surface area contributed by atoms with Crippen molar-refractivity contribution in [3.63, 3.8) is 0 Å². The number of fused-ring (bicyclic) bond motifs is 1. The summed E-state index contributed by atoms with van der Waals surface area (Å²) in [6.45, 7) is 0. The van der Waals surface area contributed by atoms with E-state index in [9.17, 15) is 4.79 Å². The van der Waals surface area contributed by atoms with Gasteiger partial charge in [-0.2, -0.15) is 0 Å². The predicted molar refractivity (Wildman–Crippen MR) is 131 cm³/mol. The Morgan fingerprint density at radius 2 is 1.62 bits per heavy atom. The number of carboxylic acids is 1. The van der Waals surface area contributed by atoms with E-state index in [1.807, 2.05) is 6.07 Å². The van der Waals surface area contributed by atoms with Gasteiger partial charge in [0.25, 0.3) is 0 Å². The van der Waals surface area contributed by atoms with Crippen LogP contribution < -0.4 is 4.90 Å². The highest BCUT2D eigenvalue weighted by molar-refractivity contribution is 5.83. The Morgan fingerprint density at radius 1 is 0.969 bits per heavy atom. The molecular weight excluding hydrogens is 396 g/mol. The van der Waals surface area contributed by atoms with Crippen LogP contribution in [0.1, 0.15) is 50.5 Å². The fourth-order valence-electron chi connectivity index (χ4n) is 4.72. The first-order chi connectivity index (χ1) is 15.6. The number of hydrogen-bond acceptors (Lipinski definition) is 3. The number of aromatic nitrogens is 1. The third-order valence-corrected chi connectivity index (χ3v) is 6.52. The number of rotatable bonds is 9. The van der Waals surface area contributed by atoms with Gasteiger partial charge < -0.3 is 10.0 Å². The van der Waals surface area contributed by atoms with Gasteiger partial charge in [0, 0.05) is 30.6 Å². The number of aliphatic carboxylic acids is 1. The molecule has 1 aromatic heterocycles. The van der Waals surface area contributed by atoms with Gasteiger partial charge in [0.1, 0.15) is 5.82 Å². The van der Waals surface area contributed by atoms with Gasteiger partial charge in [0.15, 0.2) is 0 Å². The molecule has 0 aliphatic carbocycles. The lowest BCUT2D eigenvalue weighted by molar-refractivity contribution is -0.137. The predicted octanol–water partition coefficient (Wildman–Crippen LogP) is 6.59. The fourth-order valence-corrected chi connectivity index (χ4v) is 4.72. The first kappa shape index (κ1) is 22.1. The molecule has 4 heteroatoms. The van der Waals surface area contributed by atoms with Gasteiger partial charge in [-0.3, -0.25) is 4.79 Å². The number of carboxylic acid groups (broad SMARTS) is 1. The van der Waals surface area contributed by atoms with E-state index in [1.165, 1.54) is 16.7 Å². The highest BCUT2D eigenvalue weighted by Gasteiger charge is 2.26. The summed E-state index contributed by atoms with van der Waals surface area (Å²) in [5, 5.41) is 8.78. The van der Waals surface area contributed by atoms with Crippen molar-refractivity contribution in [1.82, 2.24) is 4.98 Å². The molecule has 4 nitrogen and oxygen atoms in total. The Morgan fingerprint density at radius 3 is 2.31 bits per heavy atom. The van der Waals surface area contributed by atoms with Gasteiger partial charge in [0.05, 0.1) is 5.69 Å². The molecule has 0 saturated heterocycles. The second-order valence-electron chi connectivity index (χ2n) is 8.75. The molecule has 1 N–H and O–H groups in total. The zero-order valence-corrected chi connectivity index (χ0v) is 18.8. The molecule has 4 rings (SSSR count). The normalized spacial score (nSPS) is 15.4. The van der Waals surface area contributed by atoms with Gasteiger partial charge in [-0.15, -0.1) is 0 Å². The van der Waals surface area contributed by atoms with Gasteiger partial charge in [-0.05, 0) is 42.9 Å². The van der Waals surface area contributed by atoms with Crippen molar-refractivity contribution in [2.75, 3.05) is 11.9 Å². The SMILES string of the molecule is CN1c2nc(-c3ccccc3)c(-c3ccccc3)cc2CCC1CCCCCCC(=O)O. The van der Waals surface area contributed by atoms with Crippen LogP contribution in [0.5, 0.6) is 0 Å². The molecule has 1 unspecified atom stereocenters. The number of nitrogens with zero attached hydrogens (tertiary/aromatic N) is 2. The second kappa shape index (κ2) is 10.4. The molecule has 0 amide bonds. The maximum atomic E-state index is 10.7. The van der Waals surface area contributed by atoms with Crippen molar-refractivity contribution in [1.29, 1.82) is 0 Å². The molecule has 32 heavy (non-hydrogen) atoms. The smallest absolute Gasteiger partial charge is 0.303 e. The van der Waals surface area contributed by atoms with Crippen LogP contribution in [0, 0.1) is 0 Å². The summed E-state index contributed by atoms with van der Waals surface area (Å²) in [7, 11) is 2.18. The highest BCUT2D eigenvalue weighted by Crippen LogP contribution is 2.38. The Hall–Kier alpha value is -3.14. The van der Waals surface area contributed by atoms with Crippen LogP contribution in [0.2, 0.25) is 0 Å². The van der Waals surface area contributed by atoms with Crippen molar-refractivity contribution in [2.45, 2.75) is 57.4 Å². The lowest BCUT2D eigenvalue weighted by atomic mass is 9.91. The van der Waals surface area contributed by atoms with E-state index in [0.29, 0.717) is 6.04 Å². The molecule has 0 spiro atoms. The van der Waals surface area contributed by atoms with Gasteiger partial charge in [-0.25, -0.2) is 4.98 Å². The number of hydrogen-bond donors (Lipinski definition) is 1. The molecule has 1 aliphatic heterocycles. The Bertz CT molecular complexity index is 1030. The lowest BCUT2D eigenvalue weighted by Crippen LogP contribution is -2.37. The van der Waals surface area contributed by atoms with Gasteiger partial charge in [-0.1, -0.05) is 79.9 Å². The molecule has 1 aliphatic rings. The van der Waals surface area contributed by atoms with E-state index in [-0.39, 0.29) is 6.42 Å². The first-order valence-electron chi connectivity index (χ1n) is 11.7. The average Bonchev–Trinajstić information content (AvgIpc) is 2.83. The van der Waals surface area contributed by atoms with E-state index in [4.69, 9.17) is 10.1 Å². The number of carbonyl (C=O) groups is 1. The third kappa shape index (κ3) is 5.18. The number of pyridine rings is 1. The maximum absolute atomic E-state index is 10.7. The molecule has 2 heterocycles. The van der Waals surface area contributed by atoms with Crippen molar-refractivity contribution in [3.05, 3.63) is 72.3 Å². The zero-order chi connectivity index (χ0) is 22.3. The summed E-state index contributed by atoms with van der Waals surface area (Å²) >= 11 is 0. The van der Waals surface area contributed by atoms with Crippen molar-refractivity contribution < 1.29 is 9.90 Å². The average molecular weight is 429 g/mol. The second-order valence-corrected chi connectivity index (χ2v) is 8.75. The topological polar surface area (TPSA) is 53.4 Å². The molecule has 1 atom stereocenters. The molecule has 2 aromatic carbocycles. The van der Waals surface area contributed by atoms with Crippen LogP contribution in [0.3, 0.4) is 0 Å². The Labute approximate surface area is 190 Å². The quantitative estimate of drug-likeness (QED) is 0.391. The molecular formula is C28H32N2O2. The van der Waals surface area contributed by atoms with Crippen molar-refractivity contribution in [2.24, 2.45) is 0 Å². The highest BCUT2D eigenvalue weighted by atomic mass is 16.4. The third-order valence-electron chi connectivity index (χ3n) is 6.52. The molecule has 0 radical (unpaired) electrons. The maximum Gasteiger partial charge on any atom is 0.303 e. The summed E-state index contributed by atoms with van der Waals surface area (Å²) < 4.78 is 0. The minimum Gasteiger partial charge on any atom is -0.481 e. The van der Waals surface area contributed by atoms with Crippen molar-refractivity contribution >= 4 is 11.8 Å². The van der Waals surface area contributed by atoms with Crippen LogP contribution in [0.4, 0.5) is 5.82 Å². The number of benzene rings is 2. The molecule has 0 fully saturated rings. The number of anilines is 1. The van der Waals surface area contributed by atoms with Crippen LogP contribution in [-0.4, -0.2) is 29.1 Å².